The highest BCUT2D eigenvalue weighted by molar-refractivity contribution is 7.99. The number of aromatic nitrogens is 4. The van der Waals surface area contributed by atoms with Crippen LogP contribution in [0.3, 0.4) is 0 Å². The van der Waals surface area contributed by atoms with E-state index < -0.39 is 0 Å². The summed E-state index contributed by atoms with van der Waals surface area (Å²) in [5.74, 6) is 1.44. The maximum absolute atomic E-state index is 9.06. The second-order valence-electron chi connectivity index (χ2n) is 6.10. The van der Waals surface area contributed by atoms with Gasteiger partial charge in [0.05, 0.1) is 23.2 Å². The minimum Gasteiger partial charge on any atom is -0.387 e. The average molecular weight is 391 g/mol. The van der Waals surface area contributed by atoms with E-state index in [4.69, 9.17) is 10.1 Å². The lowest BCUT2D eigenvalue weighted by molar-refractivity contribution is 0.0437. The highest BCUT2D eigenvalue weighted by atomic mass is 32.2. The van der Waals surface area contributed by atoms with Crippen molar-refractivity contribution in [3.63, 3.8) is 0 Å². The minimum atomic E-state index is -0.00941. The van der Waals surface area contributed by atoms with Gasteiger partial charge in [0.15, 0.2) is 16.7 Å². The molecule has 0 bridgehead atoms. The fourth-order valence-corrected chi connectivity index (χ4v) is 3.57. The molecule has 140 valence electrons. The van der Waals surface area contributed by atoms with Crippen LogP contribution in [0.15, 0.2) is 60.1 Å². The molecule has 0 saturated carbocycles. The Morgan fingerprint density at radius 3 is 2.79 bits per heavy atom. The Hall–Kier alpha value is -3.35. The molecule has 1 aliphatic heterocycles. The lowest BCUT2D eigenvalue weighted by Gasteiger charge is -2.20. The Morgan fingerprint density at radius 2 is 2.00 bits per heavy atom. The van der Waals surface area contributed by atoms with Crippen molar-refractivity contribution in [2.24, 2.45) is 7.05 Å². The Balaban J connectivity index is 1.49. The molecule has 3 heterocycles. The number of nitriles is 1. The summed E-state index contributed by atoms with van der Waals surface area (Å²) in [6.45, 7) is 2.03. The third-order valence-electron chi connectivity index (χ3n) is 4.23. The zero-order chi connectivity index (χ0) is 19.5. The normalized spacial score (nSPS) is 14.3. The molecule has 0 spiro atoms. The fourth-order valence-electron chi connectivity index (χ4n) is 2.71. The molecule has 8 nitrogen and oxygen atoms in total. The molecule has 0 aliphatic carbocycles. The molecule has 2 aromatic heterocycles. The molecule has 0 saturated heterocycles. The standard InChI is InChI=1S/C19H17N7OS/c1-13(26-12-17(27-24-26)16-5-3-4-14(10-16)11-20)28-19-23-22-18(25(19)2)15-6-8-21-9-7-15/h3-10,12-13,24H,1-2H3. The summed E-state index contributed by atoms with van der Waals surface area (Å²) >= 11 is 1.55. The number of nitrogens with one attached hydrogen (secondary N) is 1. The molecular weight excluding hydrogens is 374 g/mol. The topological polar surface area (TPSA) is 91.9 Å². The van der Waals surface area contributed by atoms with Crippen LogP contribution in [0.25, 0.3) is 17.1 Å². The van der Waals surface area contributed by atoms with Crippen LogP contribution in [0, 0.1) is 11.3 Å². The number of nitrogens with zero attached hydrogens (tertiary/aromatic N) is 6. The van der Waals surface area contributed by atoms with Gasteiger partial charge in [-0.05, 0) is 31.2 Å². The van der Waals surface area contributed by atoms with Gasteiger partial charge in [0.25, 0.3) is 0 Å². The van der Waals surface area contributed by atoms with E-state index in [1.54, 1.807) is 36.3 Å². The number of benzene rings is 1. The number of hydrogen-bond donors (Lipinski definition) is 1. The van der Waals surface area contributed by atoms with Crippen LogP contribution in [-0.2, 0) is 11.9 Å². The van der Waals surface area contributed by atoms with Crippen molar-refractivity contribution in [3.8, 4) is 17.5 Å². The Labute approximate surface area is 166 Å². The van der Waals surface area contributed by atoms with Crippen LogP contribution in [0.5, 0.6) is 0 Å². The van der Waals surface area contributed by atoms with E-state index in [1.807, 2.05) is 54.0 Å². The zero-order valence-electron chi connectivity index (χ0n) is 15.3. The number of hydrazine groups is 1. The summed E-state index contributed by atoms with van der Waals surface area (Å²) < 4.78 is 1.95. The number of pyridine rings is 1. The summed E-state index contributed by atoms with van der Waals surface area (Å²) in [4.78, 5) is 9.61. The van der Waals surface area contributed by atoms with Crippen molar-refractivity contribution in [1.82, 2.24) is 30.3 Å². The molecule has 1 aromatic carbocycles. The monoisotopic (exact) mass is 391 g/mol. The first-order valence-electron chi connectivity index (χ1n) is 8.55. The smallest absolute Gasteiger partial charge is 0.193 e. The second-order valence-corrected chi connectivity index (χ2v) is 7.39. The van der Waals surface area contributed by atoms with Gasteiger partial charge >= 0.3 is 0 Å². The van der Waals surface area contributed by atoms with Gasteiger partial charge in [-0.1, -0.05) is 29.5 Å². The van der Waals surface area contributed by atoms with Gasteiger partial charge in [-0.3, -0.25) is 9.99 Å². The van der Waals surface area contributed by atoms with E-state index in [0.29, 0.717) is 11.3 Å². The Bertz CT molecular complexity index is 1060. The van der Waals surface area contributed by atoms with Crippen molar-refractivity contribution >= 4 is 17.5 Å². The van der Waals surface area contributed by atoms with Crippen LogP contribution in [-0.4, -0.2) is 30.1 Å². The van der Waals surface area contributed by atoms with Crippen LogP contribution in [0.2, 0.25) is 0 Å². The predicted molar refractivity (Wildman–Crippen MR) is 105 cm³/mol. The summed E-state index contributed by atoms with van der Waals surface area (Å²) in [6.07, 6.45) is 5.34. The van der Waals surface area contributed by atoms with E-state index >= 15 is 0 Å². The van der Waals surface area contributed by atoms with E-state index in [0.717, 1.165) is 22.1 Å². The largest absolute Gasteiger partial charge is 0.387 e. The number of hydrogen-bond acceptors (Lipinski definition) is 8. The van der Waals surface area contributed by atoms with Gasteiger partial charge in [0.1, 0.15) is 0 Å². The highest BCUT2D eigenvalue weighted by Gasteiger charge is 2.23. The van der Waals surface area contributed by atoms with Crippen molar-refractivity contribution in [1.29, 1.82) is 5.26 Å². The Morgan fingerprint density at radius 1 is 1.18 bits per heavy atom. The van der Waals surface area contributed by atoms with E-state index in [2.05, 4.69) is 26.8 Å². The molecular formula is C19H17N7OS. The summed E-state index contributed by atoms with van der Waals surface area (Å²) in [5, 5.41) is 20.3. The first-order chi connectivity index (χ1) is 13.7. The molecule has 1 aliphatic rings. The quantitative estimate of drug-likeness (QED) is 0.664. The summed E-state index contributed by atoms with van der Waals surface area (Å²) in [7, 11) is 1.94. The van der Waals surface area contributed by atoms with Crippen LogP contribution >= 0.6 is 11.8 Å². The van der Waals surface area contributed by atoms with Crippen LogP contribution in [0.4, 0.5) is 0 Å². The van der Waals surface area contributed by atoms with Crippen molar-refractivity contribution < 1.29 is 4.84 Å². The van der Waals surface area contributed by atoms with Crippen molar-refractivity contribution in [3.05, 3.63) is 66.1 Å². The highest BCUT2D eigenvalue weighted by Crippen LogP contribution is 2.29. The number of thioether (sulfide) groups is 1. The van der Waals surface area contributed by atoms with Gasteiger partial charge in [0.2, 0.25) is 0 Å². The van der Waals surface area contributed by atoms with Gasteiger partial charge < -0.3 is 9.40 Å². The van der Waals surface area contributed by atoms with Gasteiger partial charge in [-0.15, -0.1) is 10.2 Å². The molecule has 28 heavy (non-hydrogen) atoms. The van der Waals surface area contributed by atoms with Crippen LogP contribution < -0.4 is 5.59 Å². The molecule has 0 amide bonds. The molecule has 3 aromatic rings. The predicted octanol–water partition coefficient (Wildman–Crippen LogP) is 2.94. The zero-order valence-corrected chi connectivity index (χ0v) is 16.1. The molecule has 9 heteroatoms. The third-order valence-corrected chi connectivity index (χ3v) is 5.37. The van der Waals surface area contributed by atoms with E-state index in [1.165, 1.54) is 0 Å². The van der Waals surface area contributed by atoms with E-state index in [-0.39, 0.29) is 5.37 Å². The SMILES string of the molecule is CC(Sc1nnc(-c2ccncc2)n1C)N1C=C(c2cccc(C#N)c2)ON1. The van der Waals surface area contributed by atoms with Crippen molar-refractivity contribution in [2.45, 2.75) is 17.5 Å². The Kier molecular flexibility index (Phi) is 4.97. The molecule has 0 radical (unpaired) electrons. The lowest BCUT2D eigenvalue weighted by atomic mass is 10.1. The van der Waals surface area contributed by atoms with Crippen LogP contribution in [0.1, 0.15) is 18.1 Å². The molecule has 1 N–H and O–H groups in total. The number of rotatable bonds is 5. The maximum atomic E-state index is 9.06. The van der Waals surface area contributed by atoms with Gasteiger partial charge in [-0.25, -0.2) is 0 Å². The third kappa shape index (κ3) is 3.55. The second kappa shape index (κ2) is 7.72. The lowest BCUT2D eigenvalue weighted by Crippen LogP contribution is -2.33. The molecule has 0 fully saturated rings. The fraction of sp³-hybridized carbons (Fsp3) is 0.158. The van der Waals surface area contributed by atoms with Crippen molar-refractivity contribution in [2.75, 3.05) is 0 Å². The average Bonchev–Trinajstić information content (AvgIpc) is 3.37. The first-order valence-corrected chi connectivity index (χ1v) is 9.43. The first kappa shape index (κ1) is 18.0. The molecule has 1 unspecified atom stereocenters. The summed E-state index contributed by atoms with van der Waals surface area (Å²) in [6, 6.07) is 13.2. The minimum absolute atomic E-state index is 0.00941. The summed E-state index contributed by atoms with van der Waals surface area (Å²) in [5.41, 5.74) is 5.28. The van der Waals surface area contributed by atoms with Gasteiger partial charge in [-0.2, -0.15) is 5.26 Å². The van der Waals surface area contributed by atoms with E-state index in [9.17, 15) is 0 Å². The van der Waals surface area contributed by atoms with Gasteiger partial charge in [0, 0.05) is 30.6 Å². The molecule has 1 atom stereocenters. The maximum Gasteiger partial charge on any atom is 0.193 e. The molecule has 4 rings (SSSR count).